The molecule has 1 rings (SSSR count). The maximum atomic E-state index is 9.90. The summed E-state index contributed by atoms with van der Waals surface area (Å²) >= 11 is 0. The van der Waals surface area contributed by atoms with Gasteiger partial charge < -0.3 is 9.40 Å². The van der Waals surface area contributed by atoms with Crippen LogP contribution in [0.15, 0.2) is 18.7 Å². The van der Waals surface area contributed by atoms with E-state index in [9.17, 15) is 10.1 Å². The summed E-state index contributed by atoms with van der Waals surface area (Å²) in [6.07, 6.45) is 4.47. The summed E-state index contributed by atoms with van der Waals surface area (Å²) in [5.74, 6) is 0. The van der Waals surface area contributed by atoms with Crippen molar-refractivity contribution in [3.05, 3.63) is 28.8 Å². The molecule has 0 N–H and O–H groups in total. The Morgan fingerprint density at radius 1 is 1.83 bits per heavy atom. The van der Waals surface area contributed by atoms with Crippen molar-refractivity contribution in [2.45, 2.75) is 19.6 Å². The van der Waals surface area contributed by atoms with Gasteiger partial charge in [0.15, 0.2) is 0 Å². The van der Waals surface area contributed by atoms with Gasteiger partial charge in [-0.15, -0.1) is 10.1 Å². The maximum absolute atomic E-state index is 9.90. The van der Waals surface area contributed by atoms with Gasteiger partial charge in [0.1, 0.15) is 6.10 Å². The number of rotatable bonds is 4. The van der Waals surface area contributed by atoms with Gasteiger partial charge in [-0.2, -0.15) is 0 Å². The van der Waals surface area contributed by atoms with E-state index in [-0.39, 0.29) is 0 Å². The Labute approximate surface area is 68.9 Å². The lowest BCUT2D eigenvalue weighted by Crippen LogP contribution is -2.18. The molecular weight excluding hydrogens is 162 g/mol. The third kappa shape index (κ3) is 2.57. The summed E-state index contributed by atoms with van der Waals surface area (Å²) in [6.45, 7) is 2.06. The minimum absolute atomic E-state index is 0.432. The molecule has 0 saturated heterocycles. The molecule has 0 saturated carbocycles. The standard InChI is InChI=1S/C6H9N3O3/c1-6(12-9(10)11)4-8-3-2-7-5-8/h2-3,5-6H,4H2,1H3. The van der Waals surface area contributed by atoms with Crippen LogP contribution in [0.4, 0.5) is 0 Å². The van der Waals surface area contributed by atoms with E-state index in [0.717, 1.165) is 0 Å². The van der Waals surface area contributed by atoms with Crippen LogP contribution in [0.3, 0.4) is 0 Å². The predicted octanol–water partition coefficient (Wildman–Crippen LogP) is 0.480. The summed E-state index contributed by atoms with van der Waals surface area (Å²) in [5.41, 5.74) is 0. The number of hydrogen-bond acceptors (Lipinski definition) is 4. The highest BCUT2D eigenvalue weighted by atomic mass is 17.0. The topological polar surface area (TPSA) is 70.2 Å². The summed E-state index contributed by atoms with van der Waals surface area (Å²) in [4.78, 5) is 18.0. The molecule has 6 nitrogen and oxygen atoms in total. The Balaban J connectivity index is 2.36. The van der Waals surface area contributed by atoms with Crippen LogP contribution in [0.2, 0.25) is 0 Å². The quantitative estimate of drug-likeness (QED) is 0.488. The molecular formula is C6H9N3O3. The number of nitrogens with zero attached hydrogens (tertiary/aromatic N) is 3. The summed E-state index contributed by atoms with van der Waals surface area (Å²) < 4.78 is 1.72. The number of imidazole rings is 1. The van der Waals surface area contributed by atoms with Gasteiger partial charge in [0.25, 0.3) is 5.09 Å². The van der Waals surface area contributed by atoms with Crippen LogP contribution >= 0.6 is 0 Å². The SMILES string of the molecule is CC(Cn1ccnc1)O[N+](=O)[O-]. The van der Waals surface area contributed by atoms with Crippen LogP contribution in [0.1, 0.15) is 6.92 Å². The fraction of sp³-hybridized carbons (Fsp3) is 0.500. The highest BCUT2D eigenvalue weighted by molar-refractivity contribution is 4.74. The minimum Gasteiger partial charge on any atom is -0.335 e. The zero-order valence-corrected chi connectivity index (χ0v) is 6.58. The third-order valence-corrected chi connectivity index (χ3v) is 1.29. The van der Waals surface area contributed by atoms with Gasteiger partial charge in [0.05, 0.1) is 6.33 Å². The minimum atomic E-state index is -0.790. The molecule has 0 spiro atoms. The van der Waals surface area contributed by atoms with Crippen LogP contribution in [-0.2, 0) is 11.4 Å². The normalized spacial score (nSPS) is 12.4. The smallest absolute Gasteiger partial charge is 0.294 e. The van der Waals surface area contributed by atoms with Gasteiger partial charge in [-0.3, -0.25) is 0 Å². The molecule has 1 unspecified atom stereocenters. The van der Waals surface area contributed by atoms with Crippen molar-refractivity contribution in [1.82, 2.24) is 9.55 Å². The first-order chi connectivity index (χ1) is 5.68. The first kappa shape index (κ1) is 8.51. The van der Waals surface area contributed by atoms with Crippen molar-refractivity contribution in [3.8, 4) is 0 Å². The Morgan fingerprint density at radius 3 is 3.08 bits per heavy atom. The Bertz CT molecular complexity index is 247. The molecule has 12 heavy (non-hydrogen) atoms. The summed E-state index contributed by atoms with van der Waals surface area (Å²) in [6, 6.07) is 0. The summed E-state index contributed by atoms with van der Waals surface area (Å²) in [5, 5.41) is 9.11. The number of aromatic nitrogens is 2. The monoisotopic (exact) mass is 171 g/mol. The van der Waals surface area contributed by atoms with Gasteiger partial charge in [0.2, 0.25) is 0 Å². The molecule has 1 heterocycles. The summed E-state index contributed by atoms with van der Waals surface area (Å²) in [7, 11) is 0. The Kier molecular flexibility index (Phi) is 2.62. The molecule has 0 fully saturated rings. The molecule has 6 heteroatoms. The molecule has 66 valence electrons. The van der Waals surface area contributed by atoms with E-state index in [0.29, 0.717) is 6.54 Å². The highest BCUT2D eigenvalue weighted by Crippen LogP contribution is 1.96. The molecule has 1 aromatic rings. The van der Waals surface area contributed by atoms with Gasteiger partial charge in [0, 0.05) is 18.9 Å². The lowest BCUT2D eigenvalue weighted by Gasteiger charge is -2.08. The van der Waals surface area contributed by atoms with Crippen LogP contribution in [0.25, 0.3) is 0 Å². The van der Waals surface area contributed by atoms with Crippen LogP contribution < -0.4 is 0 Å². The van der Waals surface area contributed by atoms with Crippen molar-refractivity contribution in [2.75, 3.05) is 0 Å². The molecule has 0 amide bonds. The fourth-order valence-electron chi connectivity index (χ4n) is 0.872. The van der Waals surface area contributed by atoms with E-state index in [4.69, 9.17) is 0 Å². The van der Waals surface area contributed by atoms with Crippen molar-refractivity contribution in [3.63, 3.8) is 0 Å². The molecule has 0 aliphatic rings. The molecule has 0 radical (unpaired) electrons. The molecule has 0 aromatic carbocycles. The van der Waals surface area contributed by atoms with Crippen LogP contribution in [0, 0.1) is 10.1 Å². The third-order valence-electron chi connectivity index (χ3n) is 1.29. The van der Waals surface area contributed by atoms with Crippen molar-refractivity contribution < 1.29 is 9.92 Å². The maximum Gasteiger partial charge on any atom is 0.294 e. The average molecular weight is 171 g/mol. The largest absolute Gasteiger partial charge is 0.335 e. The van der Waals surface area contributed by atoms with Crippen LogP contribution in [0.5, 0.6) is 0 Å². The molecule has 1 atom stereocenters. The number of hydrogen-bond donors (Lipinski definition) is 0. The second kappa shape index (κ2) is 3.70. The van der Waals surface area contributed by atoms with Crippen LogP contribution in [-0.4, -0.2) is 20.7 Å². The zero-order chi connectivity index (χ0) is 8.97. The highest BCUT2D eigenvalue weighted by Gasteiger charge is 2.06. The molecule has 0 bridgehead atoms. The van der Waals surface area contributed by atoms with Gasteiger partial charge in [-0.1, -0.05) is 0 Å². The first-order valence-corrected chi connectivity index (χ1v) is 3.45. The Hall–Kier alpha value is -1.59. The van der Waals surface area contributed by atoms with E-state index in [1.807, 2.05) is 0 Å². The van der Waals surface area contributed by atoms with Crippen molar-refractivity contribution >= 4 is 0 Å². The van der Waals surface area contributed by atoms with Crippen molar-refractivity contribution in [1.29, 1.82) is 0 Å². The first-order valence-electron chi connectivity index (χ1n) is 3.45. The molecule has 0 aliphatic heterocycles. The average Bonchev–Trinajstić information content (AvgIpc) is 2.37. The molecule has 1 aromatic heterocycles. The Morgan fingerprint density at radius 2 is 2.58 bits per heavy atom. The van der Waals surface area contributed by atoms with E-state index >= 15 is 0 Å². The lowest BCUT2D eigenvalue weighted by molar-refractivity contribution is -0.768. The lowest BCUT2D eigenvalue weighted by atomic mass is 10.4. The fourth-order valence-corrected chi connectivity index (χ4v) is 0.872. The zero-order valence-electron chi connectivity index (χ0n) is 6.58. The predicted molar refractivity (Wildman–Crippen MR) is 39.8 cm³/mol. The van der Waals surface area contributed by atoms with Gasteiger partial charge in [-0.05, 0) is 6.92 Å². The van der Waals surface area contributed by atoms with E-state index < -0.39 is 11.2 Å². The second-order valence-corrected chi connectivity index (χ2v) is 2.40. The second-order valence-electron chi connectivity index (χ2n) is 2.40. The van der Waals surface area contributed by atoms with Gasteiger partial charge in [-0.25, -0.2) is 4.98 Å². The van der Waals surface area contributed by atoms with Crippen molar-refractivity contribution in [2.24, 2.45) is 0 Å². The van der Waals surface area contributed by atoms with E-state index in [2.05, 4.69) is 9.82 Å². The van der Waals surface area contributed by atoms with E-state index in [1.165, 1.54) is 0 Å². The van der Waals surface area contributed by atoms with Gasteiger partial charge >= 0.3 is 0 Å². The van der Waals surface area contributed by atoms with E-state index in [1.54, 1.807) is 30.2 Å². The molecule has 0 aliphatic carbocycles.